The van der Waals surface area contributed by atoms with E-state index in [1.54, 1.807) is 13.1 Å². The summed E-state index contributed by atoms with van der Waals surface area (Å²) in [5.74, 6) is 1.55. The van der Waals surface area contributed by atoms with E-state index in [0.29, 0.717) is 18.2 Å². The third-order valence-corrected chi connectivity index (χ3v) is 3.13. The summed E-state index contributed by atoms with van der Waals surface area (Å²) in [7, 11) is 1.76. The van der Waals surface area contributed by atoms with E-state index in [0.717, 1.165) is 44.3 Å². The minimum absolute atomic E-state index is 0. The molecule has 0 spiro atoms. The van der Waals surface area contributed by atoms with Gasteiger partial charge in [-0.2, -0.15) is 0 Å². The molecule has 0 amide bonds. The van der Waals surface area contributed by atoms with Gasteiger partial charge < -0.3 is 20.1 Å². The third-order valence-electron chi connectivity index (χ3n) is 2.89. The Hall–Kier alpha value is -0.730. The van der Waals surface area contributed by atoms with E-state index in [9.17, 15) is 0 Å². The number of hydrogen-bond donors (Lipinski definition) is 2. The van der Waals surface area contributed by atoms with Crippen LogP contribution in [-0.4, -0.2) is 45.9 Å². The largest absolute Gasteiger partial charge is 0.492 e. The Labute approximate surface area is 161 Å². The first-order valence-corrected chi connectivity index (χ1v) is 8.04. The number of benzene rings is 1. The molecule has 2 N–H and O–H groups in total. The van der Waals surface area contributed by atoms with Crippen molar-refractivity contribution in [2.75, 3.05) is 40.0 Å². The highest BCUT2D eigenvalue weighted by Crippen LogP contribution is 2.16. The minimum Gasteiger partial charge on any atom is -0.492 e. The molecule has 0 bridgehead atoms. The molecule has 1 rings (SSSR count). The number of unbranched alkanes of at least 4 members (excludes halogenated alkanes) is 1. The monoisotopic (exact) mass is 455 g/mol. The van der Waals surface area contributed by atoms with Crippen LogP contribution in [-0.2, 0) is 4.74 Å². The molecule has 7 heteroatoms. The number of guanidine groups is 1. The molecule has 0 atom stereocenters. The van der Waals surface area contributed by atoms with Crippen LogP contribution in [0.15, 0.2) is 29.3 Å². The Kier molecular flexibility index (Phi) is 14.4. The highest BCUT2D eigenvalue weighted by Gasteiger charge is 1.98. The zero-order valence-corrected chi connectivity index (χ0v) is 16.9. The normalized spacial score (nSPS) is 10.8. The highest BCUT2D eigenvalue weighted by atomic mass is 127. The van der Waals surface area contributed by atoms with Crippen LogP contribution >= 0.6 is 35.6 Å². The van der Waals surface area contributed by atoms with Crippen LogP contribution in [0.4, 0.5) is 0 Å². The van der Waals surface area contributed by atoms with Gasteiger partial charge in [-0.25, -0.2) is 0 Å². The molecule has 132 valence electrons. The van der Waals surface area contributed by atoms with Crippen LogP contribution in [0.5, 0.6) is 5.75 Å². The number of hydrogen-bond acceptors (Lipinski definition) is 3. The number of aliphatic imine (C=N–C) groups is 1. The molecule has 0 unspecified atom stereocenters. The Morgan fingerprint density at radius 1 is 1.17 bits per heavy atom. The fourth-order valence-corrected chi connectivity index (χ4v) is 1.98. The van der Waals surface area contributed by atoms with E-state index in [1.165, 1.54) is 0 Å². The third kappa shape index (κ3) is 11.4. The van der Waals surface area contributed by atoms with Crippen molar-refractivity contribution in [1.29, 1.82) is 0 Å². The van der Waals surface area contributed by atoms with Gasteiger partial charge in [0.2, 0.25) is 0 Å². The second kappa shape index (κ2) is 14.8. The van der Waals surface area contributed by atoms with Crippen LogP contribution < -0.4 is 15.4 Å². The fourth-order valence-electron chi connectivity index (χ4n) is 1.80. The first-order valence-electron chi connectivity index (χ1n) is 7.67. The van der Waals surface area contributed by atoms with Gasteiger partial charge in [0.15, 0.2) is 5.96 Å². The van der Waals surface area contributed by atoms with Gasteiger partial charge in [-0.15, -0.1) is 24.0 Å². The fraction of sp³-hybridized carbons (Fsp3) is 0.562. The van der Waals surface area contributed by atoms with Crippen molar-refractivity contribution < 1.29 is 9.47 Å². The molecule has 0 aliphatic rings. The van der Waals surface area contributed by atoms with Crippen molar-refractivity contribution >= 4 is 41.5 Å². The van der Waals surface area contributed by atoms with Gasteiger partial charge in [0.25, 0.3) is 0 Å². The zero-order chi connectivity index (χ0) is 16.0. The van der Waals surface area contributed by atoms with E-state index in [2.05, 4.69) is 15.6 Å². The Balaban J connectivity index is 0.00000484. The highest BCUT2D eigenvalue weighted by molar-refractivity contribution is 14.0. The molecule has 0 aromatic heterocycles. The van der Waals surface area contributed by atoms with Crippen LogP contribution in [0, 0.1) is 0 Å². The van der Waals surface area contributed by atoms with Crippen LogP contribution in [0.3, 0.4) is 0 Å². The number of halogens is 2. The molecule has 0 heterocycles. The van der Waals surface area contributed by atoms with Gasteiger partial charge in [0.05, 0.1) is 6.54 Å². The van der Waals surface area contributed by atoms with Crippen molar-refractivity contribution in [2.24, 2.45) is 4.99 Å². The molecule has 23 heavy (non-hydrogen) atoms. The molecule has 0 saturated carbocycles. The lowest BCUT2D eigenvalue weighted by Gasteiger charge is -2.12. The van der Waals surface area contributed by atoms with E-state index >= 15 is 0 Å². The Morgan fingerprint density at radius 3 is 2.65 bits per heavy atom. The van der Waals surface area contributed by atoms with Crippen molar-refractivity contribution in [1.82, 2.24) is 10.6 Å². The number of nitrogens with one attached hydrogen (secondary N) is 2. The van der Waals surface area contributed by atoms with Gasteiger partial charge in [0.1, 0.15) is 12.4 Å². The summed E-state index contributed by atoms with van der Waals surface area (Å²) < 4.78 is 10.9. The van der Waals surface area contributed by atoms with E-state index in [-0.39, 0.29) is 24.0 Å². The minimum atomic E-state index is 0. The SMILES string of the molecule is CCOCCCCNC(=NC)NCCOc1cccc(Cl)c1.I. The van der Waals surface area contributed by atoms with Gasteiger partial charge in [-0.05, 0) is 38.0 Å². The molecular weight excluding hydrogens is 429 g/mol. The van der Waals surface area contributed by atoms with Crippen molar-refractivity contribution in [2.45, 2.75) is 19.8 Å². The maximum atomic E-state index is 5.90. The summed E-state index contributed by atoms with van der Waals surface area (Å²) in [4.78, 5) is 4.17. The predicted molar refractivity (Wildman–Crippen MR) is 107 cm³/mol. The standard InChI is InChI=1S/C16H26ClN3O2.HI/c1-3-21-11-5-4-9-19-16(18-2)20-10-12-22-15-8-6-7-14(17)13-15;/h6-8,13H,3-5,9-12H2,1-2H3,(H2,18,19,20);1H. The van der Waals surface area contributed by atoms with Crippen molar-refractivity contribution in [3.63, 3.8) is 0 Å². The first-order chi connectivity index (χ1) is 10.8. The van der Waals surface area contributed by atoms with E-state index < -0.39 is 0 Å². The van der Waals surface area contributed by atoms with Crippen LogP contribution in [0.2, 0.25) is 5.02 Å². The van der Waals surface area contributed by atoms with Gasteiger partial charge in [0, 0.05) is 31.8 Å². The second-order valence-corrected chi connectivity index (χ2v) is 5.07. The number of nitrogens with zero attached hydrogens (tertiary/aromatic N) is 1. The Morgan fingerprint density at radius 2 is 1.96 bits per heavy atom. The molecule has 1 aromatic carbocycles. The second-order valence-electron chi connectivity index (χ2n) is 4.64. The summed E-state index contributed by atoms with van der Waals surface area (Å²) in [6.45, 7) is 5.70. The summed E-state index contributed by atoms with van der Waals surface area (Å²) >= 11 is 5.90. The molecule has 0 aliphatic carbocycles. The maximum Gasteiger partial charge on any atom is 0.191 e. The van der Waals surface area contributed by atoms with Gasteiger partial charge in [-0.3, -0.25) is 4.99 Å². The topological polar surface area (TPSA) is 54.9 Å². The van der Waals surface area contributed by atoms with Gasteiger partial charge >= 0.3 is 0 Å². The van der Waals surface area contributed by atoms with Crippen LogP contribution in [0.25, 0.3) is 0 Å². The molecule has 1 aromatic rings. The lowest BCUT2D eigenvalue weighted by Crippen LogP contribution is -2.39. The Bertz CT molecular complexity index is 447. The molecule has 5 nitrogen and oxygen atoms in total. The summed E-state index contributed by atoms with van der Waals surface area (Å²) in [6.07, 6.45) is 2.11. The smallest absolute Gasteiger partial charge is 0.191 e. The van der Waals surface area contributed by atoms with Crippen molar-refractivity contribution in [3.05, 3.63) is 29.3 Å². The molecular formula is C16H27ClIN3O2. The first kappa shape index (κ1) is 22.3. The molecule has 0 fully saturated rings. The average molecular weight is 456 g/mol. The average Bonchev–Trinajstić information content (AvgIpc) is 2.52. The summed E-state index contributed by atoms with van der Waals surface area (Å²) in [5.41, 5.74) is 0. The lowest BCUT2D eigenvalue weighted by atomic mass is 10.3. The molecule has 0 saturated heterocycles. The summed E-state index contributed by atoms with van der Waals surface area (Å²) in [6, 6.07) is 7.38. The zero-order valence-electron chi connectivity index (χ0n) is 13.8. The molecule has 0 aliphatic heterocycles. The van der Waals surface area contributed by atoms with E-state index in [1.807, 2.05) is 25.1 Å². The summed E-state index contributed by atoms with van der Waals surface area (Å²) in [5, 5.41) is 7.14. The number of ether oxygens (including phenoxy) is 2. The predicted octanol–water partition coefficient (Wildman–Crippen LogP) is 3.32. The number of rotatable bonds is 10. The van der Waals surface area contributed by atoms with Gasteiger partial charge in [-0.1, -0.05) is 17.7 Å². The van der Waals surface area contributed by atoms with Crippen LogP contribution in [0.1, 0.15) is 19.8 Å². The molecule has 0 radical (unpaired) electrons. The quantitative estimate of drug-likeness (QED) is 0.246. The van der Waals surface area contributed by atoms with E-state index in [4.69, 9.17) is 21.1 Å². The maximum absolute atomic E-state index is 5.90. The van der Waals surface area contributed by atoms with Crippen molar-refractivity contribution in [3.8, 4) is 5.75 Å². The lowest BCUT2D eigenvalue weighted by molar-refractivity contribution is 0.143.